The summed E-state index contributed by atoms with van der Waals surface area (Å²) in [6.07, 6.45) is 15.7. The number of nitrogens with one attached hydrogen (secondary N) is 2. The molecule has 0 aromatic heterocycles. The molecule has 2 rings (SSSR count). The fourth-order valence-corrected chi connectivity index (χ4v) is 4.16. The normalized spacial score (nSPS) is 11.0. The van der Waals surface area contributed by atoms with E-state index in [2.05, 4.69) is 38.7 Å². The maximum Gasteiger partial charge on any atom is 0.259 e. The summed E-state index contributed by atoms with van der Waals surface area (Å²) in [5.41, 5.74) is 4.26. The van der Waals surface area contributed by atoms with Gasteiger partial charge in [0, 0.05) is 16.5 Å². The van der Waals surface area contributed by atoms with Crippen LogP contribution in [0.25, 0.3) is 0 Å². The highest BCUT2D eigenvalue weighted by Crippen LogP contribution is 2.18. The van der Waals surface area contributed by atoms with Gasteiger partial charge in [-0.3, -0.25) is 9.59 Å². The van der Waals surface area contributed by atoms with Gasteiger partial charge in [0.05, 0.1) is 12.8 Å². The van der Waals surface area contributed by atoms with Crippen LogP contribution in [0.1, 0.15) is 95.1 Å². The molecule has 2 aromatic carbocycles. The van der Waals surface area contributed by atoms with Crippen molar-refractivity contribution in [2.45, 2.75) is 90.6 Å². The number of halogens is 1. The number of ether oxygens (including phenoxy) is 1. The first-order chi connectivity index (χ1) is 18.1. The van der Waals surface area contributed by atoms with Crippen molar-refractivity contribution in [3.8, 4) is 5.75 Å². The summed E-state index contributed by atoms with van der Waals surface area (Å²) in [6, 6.07) is 15.4. The number of nitrogens with zero attached hydrogens (tertiary/aromatic N) is 1. The van der Waals surface area contributed by atoms with Crippen molar-refractivity contribution in [1.82, 2.24) is 10.7 Å². The number of rotatable bonds is 19. The zero-order chi connectivity index (χ0) is 26.6. The maximum atomic E-state index is 12.0. The molecule has 6 nitrogen and oxygen atoms in total. The smallest absolute Gasteiger partial charge is 0.259 e. The molecule has 0 saturated carbocycles. The monoisotopic (exact) mass is 571 g/mol. The lowest BCUT2D eigenvalue weighted by atomic mass is 10.1. The number of hydrogen-bond acceptors (Lipinski definition) is 4. The molecule has 0 spiro atoms. The highest BCUT2D eigenvalue weighted by molar-refractivity contribution is 9.10. The molecule has 0 aliphatic rings. The molecule has 0 bridgehead atoms. The molecule has 0 fully saturated rings. The molecule has 0 heterocycles. The first-order valence-electron chi connectivity index (χ1n) is 13.6. The number of unbranched alkanes of at least 4 members (excludes halogenated alkanes) is 10. The van der Waals surface area contributed by atoms with Crippen molar-refractivity contribution in [2.24, 2.45) is 5.10 Å². The fourth-order valence-electron chi connectivity index (χ4n) is 3.89. The molecule has 0 unspecified atom stereocenters. The third-order valence-corrected chi connectivity index (χ3v) is 6.60. The van der Waals surface area contributed by atoms with Gasteiger partial charge in [-0.1, -0.05) is 111 Å². The Morgan fingerprint density at radius 2 is 1.46 bits per heavy atom. The van der Waals surface area contributed by atoms with Gasteiger partial charge in [0.1, 0.15) is 12.4 Å². The molecule has 7 heteroatoms. The Balaban J connectivity index is 1.56. The van der Waals surface area contributed by atoms with Crippen molar-refractivity contribution < 1.29 is 14.3 Å². The van der Waals surface area contributed by atoms with Crippen LogP contribution >= 0.6 is 15.9 Å². The predicted molar refractivity (Wildman–Crippen MR) is 155 cm³/mol. The Hall–Kier alpha value is -2.67. The molecule has 202 valence electrons. The van der Waals surface area contributed by atoms with Crippen molar-refractivity contribution >= 4 is 34.0 Å². The van der Waals surface area contributed by atoms with Crippen molar-refractivity contribution in [3.63, 3.8) is 0 Å². The van der Waals surface area contributed by atoms with Crippen LogP contribution in [0.4, 0.5) is 0 Å². The quantitative estimate of drug-likeness (QED) is 0.105. The van der Waals surface area contributed by atoms with E-state index in [1.807, 2.05) is 48.5 Å². The summed E-state index contributed by atoms with van der Waals surface area (Å²) >= 11 is 3.43. The van der Waals surface area contributed by atoms with Crippen LogP contribution in [-0.4, -0.2) is 24.6 Å². The van der Waals surface area contributed by atoms with Gasteiger partial charge >= 0.3 is 0 Å². The molecule has 2 aromatic rings. The molecule has 0 atom stereocenters. The predicted octanol–water partition coefficient (Wildman–Crippen LogP) is 7.30. The van der Waals surface area contributed by atoms with Crippen LogP contribution < -0.4 is 15.5 Å². The van der Waals surface area contributed by atoms with Gasteiger partial charge in [-0.2, -0.15) is 5.10 Å². The van der Waals surface area contributed by atoms with Crippen LogP contribution in [0, 0.1) is 0 Å². The fraction of sp³-hybridized carbons (Fsp3) is 0.500. The number of amides is 2. The average molecular weight is 573 g/mol. The minimum atomic E-state index is -0.364. The van der Waals surface area contributed by atoms with Crippen LogP contribution in [0.15, 0.2) is 58.1 Å². The lowest BCUT2D eigenvalue weighted by molar-refractivity contribution is -0.126. The lowest BCUT2D eigenvalue weighted by Gasteiger charge is -2.09. The lowest BCUT2D eigenvalue weighted by Crippen LogP contribution is -2.34. The molecule has 0 radical (unpaired) electrons. The first kappa shape index (κ1) is 30.6. The third kappa shape index (κ3) is 14.6. The Kier molecular flexibility index (Phi) is 16.1. The first-order valence-corrected chi connectivity index (χ1v) is 14.4. The molecule has 0 aliphatic heterocycles. The standard InChI is InChI=1S/C30H42BrN3O3/c1-2-3-4-5-6-7-8-9-10-11-12-17-29(35)32-23-30(36)34-33-22-26-15-13-14-16-28(26)37-24-25-18-20-27(31)21-19-25/h13-16,18-22H,2-12,17,23-24H2,1H3,(H,32,35)(H,34,36)/b33-22+. The number of hydrogen-bond donors (Lipinski definition) is 2. The zero-order valence-electron chi connectivity index (χ0n) is 22.1. The van der Waals surface area contributed by atoms with E-state index in [0.717, 1.165) is 28.4 Å². The summed E-state index contributed by atoms with van der Waals surface area (Å²) in [4.78, 5) is 24.1. The second kappa shape index (κ2) is 19.4. The Bertz CT molecular complexity index is 947. The minimum Gasteiger partial charge on any atom is -0.488 e. The number of carbonyl (C=O) groups is 2. The van der Waals surface area contributed by atoms with Crippen molar-refractivity contribution in [1.29, 1.82) is 0 Å². The molecule has 37 heavy (non-hydrogen) atoms. The molecule has 2 N–H and O–H groups in total. The zero-order valence-corrected chi connectivity index (χ0v) is 23.7. The van der Waals surface area contributed by atoms with Gasteiger partial charge in [0.15, 0.2) is 0 Å². The highest BCUT2D eigenvalue weighted by atomic mass is 79.9. The van der Waals surface area contributed by atoms with Crippen molar-refractivity contribution in [2.75, 3.05) is 6.54 Å². The van der Waals surface area contributed by atoms with Gasteiger partial charge in [-0.05, 0) is 36.2 Å². The average Bonchev–Trinajstić information content (AvgIpc) is 2.91. The number of para-hydroxylation sites is 1. The summed E-state index contributed by atoms with van der Waals surface area (Å²) in [5, 5.41) is 6.68. The van der Waals surface area contributed by atoms with Crippen LogP contribution in [0.5, 0.6) is 5.75 Å². The van der Waals surface area contributed by atoms with Crippen LogP contribution in [0.2, 0.25) is 0 Å². The van der Waals surface area contributed by atoms with Crippen LogP contribution in [-0.2, 0) is 16.2 Å². The van der Waals surface area contributed by atoms with Crippen LogP contribution in [0.3, 0.4) is 0 Å². The van der Waals surface area contributed by atoms with Gasteiger partial charge in [-0.15, -0.1) is 0 Å². The molecule has 0 saturated heterocycles. The summed E-state index contributed by atoms with van der Waals surface area (Å²) in [7, 11) is 0. The van der Waals surface area contributed by atoms with E-state index in [4.69, 9.17) is 4.74 Å². The van der Waals surface area contributed by atoms with E-state index in [0.29, 0.717) is 18.8 Å². The maximum absolute atomic E-state index is 12.0. The topological polar surface area (TPSA) is 79.8 Å². The van der Waals surface area contributed by atoms with Gasteiger partial charge < -0.3 is 10.1 Å². The molecular formula is C30H42BrN3O3. The highest BCUT2D eigenvalue weighted by Gasteiger charge is 2.06. The van der Waals surface area contributed by atoms with E-state index in [1.165, 1.54) is 57.8 Å². The van der Waals surface area contributed by atoms with E-state index in [-0.39, 0.29) is 18.4 Å². The summed E-state index contributed by atoms with van der Waals surface area (Å²) in [5.74, 6) is 0.210. The van der Waals surface area contributed by atoms with E-state index in [1.54, 1.807) is 6.21 Å². The van der Waals surface area contributed by atoms with Gasteiger partial charge in [0.25, 0.3) is 5.91 Å². The van der Waals surface area contributed by atoms with Crippen molar-refractivity contribution in [3.05, 3.63) is 64.1 Å². The third-order valence-electron chi connectivity index (χ3n) is 6.07. The Morgan fingerprint density at radius 3 is 2.14 bits per heavy atom. The molecule has 2 amide bonds. The van der Waals surface area contributed by atoms with E-state index >= 15 is 0 Å². The molecule has 0 aliphatic carbocycles. The van der Waals surface area contributed by atoms with Gasteiger partial charge in [0.2, 0.25) is 5.91 Å². The van der Waals surface area contributed by atoms with E-state index in [9.17, 15) is 9.59 Å². The SMILES string of the molecule is CCCCCCCCCCCCCC(=O)NCC(=O)N/N=C/c1ccccc1OCc1ccc(Br)cc1. The Labute approximate surface area is 230 Å². The summed E-state index contributed by atoms with van der Waals surface area (Å²) in [6.45, 7) is 2.58. The van der Waals surface area contributed by atoms with E-state index < -0.39 is 0 Å². The minimum absolute atomic E-state index is 0.0874. The largest absolute Gasteiger partial charge is 0.488 e. The second-order valence-electron chi connectivity index (χ2n) is 9.31. The number of hydrazone groups is 1. The Morgan fingerprint density at radius 1 is 0.838 bits per heavy atom. The number of carbonyl (C=O) groups excluding carboxylic acids is 2. The number of benzene rings is 2. The second-order valence-corrected chi connectivity index (χ2v) is 10.2. The van der Waals surface area contributed by atoms with Gasteiger partial charge in [-0.25, -0.2) is 5.43 Å². The molecular weight excluding hydrogens is 530 g/mol. The summed E-state index contributed by atoms with van der Waals surface area (Å²) < 4.78 is 6.93.